The molecule has 0 atom stereocenters. The number of nitrogens with one attached hydrogen (secondary N) is 2. The quantitative estimate of drug-likeness (QED) is 0.432. The van der Waals surface area contributed by atoms with Gasteiger partial charge in [0.15, 0.2) is 5.96 Å². The topological polar surface area (TPSA) is 36.4 Å². The zero-order valence-corrected chi connectivity index (χ0v) is 15.8. The van der Waals surface area contributed by atoms with Crippen LogP contribution < -0.4 is 10.6 Å². The lowest BCUT2D eigenvalue weighted by Gasteiger charge is -2.14. The summed E-state index contributed by atoms with van der Waals surface area (Å²) in [6, 6.07) is 14.8. The van der Waals surface area contributed by atoms with E-state index >= 15 is 0 Å². The van der Waals surface area contributed by atoms with Crippen molar-refractivity contribution in [2.75, 3.05) is 7.05 Å². The van der Waals surface area contributed by atoms with Crippen LogP contribution in [0.3, 0.4) is 0 Å². The summed E-state index contributed by atoms with van der Waals surface area (Å²) in [5.41, 5.74) is 3.62. The third kappa shape index (κ3) is 6.17. The maximum atomic E-state index is 12.9. The minimum absolute atomic E-state index is 0. The van der Waals surface area contributed by atoms with E-state index < -0.39 is 0 Å². The Morgan fingerprint density at radius 3 is 2.17 bits per heavy atom. The molecule has 3 nitrogen and oxygen atoms in total. The molecule has 0 radical (unpaired) electrons. The average Bonchev–Trinajstić information content (AvgIpc) is 2.57. The molecule has 2 aromatic carbocycles. The van der Waals surface area contributed by atoms with Crippen LogP contribution in [-0.4, -0.2) is 13.0 Å². The van der Waals surface area contributed by atoms with Gasteiger partial charge in [-0.2, -0.15) is 0 Å². The van der Waals surface area contributed by atoms with E-state index in [0.717, 1.165) is 24.5 Å². The number of hydrogen-bond donors (Lipinski definition) is 2. The fourth-order valence-corrected chi connectivity index (χ4v) is 2.26. The Hall–Kier alpha value is -1.63. The number of rotatable bonds is 5. The molecule has 2 aromatic rings. The molecule has 124 valence electrons. The molecule has 0 spiro atoms. The van der Waals surface area contributed by atoms with E-state index in [4.69, 9.17) is 0 Å². The molecule has 0 aromatic heterocycles. The lowest BCUT2D eigenvalue weighted by atomic mass is 10.1. The molecule has 0 saturated carbocycles. The number of nitrogens with zero attached hydrogens (tertiary/aromatic N) is 1. The molecule has 0 heterocycles. The van der Waals surface area contributed by atoms with E-state index in [-0.39, 0.29) is 29.8 Å². The van der Waals surface area contributed by atoms with E-state index in [1.165, 1.54) is 23.3 Å². The Balaban J connectivity index is 0.00000264. The molecular formula is C18H23FIN3. The number of aliphatic imine (C=N–C) groups is 1. The molecule has 0 aliphatic heterocycles. The molecule has 2 N–H and O–H groups in total. The Morgan fingerprint density at radius 1 is 0.957 bits per heavy atom. The summed E-state index contributed by atoms with van der Waals surface area (Å²) in [6.07, 6.45) is 1.01. The van der Waals surface area contributed by atoms with Gasteiger partial charge >= 0.3 is 0 Å². The van der Waals surface area contributed by atoms with E-state index in [2.05, 4.69) is 40.7 Å². The first-order valence-corrected chi connectivity index (χ1v) is 7.48. The summed E-state index contributed by atoms with van der Waals surface area (Å²) in [7, 11) is 1.74. The minimum Gasteiger partial charge on any atom is -0.352 e. The fraction of sp³-hybridized carbons (Fsp3) is 0.278. The van der Waals surface area contributed by atoms with Crippen LogP contribution in [0.25, 0.3) is 0 Å². The van der Waals surface area contributed by atoms with Crippen molar-refractivity contribution in [1.82, 2.24) is 10.6 Å². The van der Waals surface area contributed by atoms with Gasteiger partial charge in [0.1, 0.15) is 5.82 Å². The van der Waals surface area contributed by atoms with E-state index in [1.807, 2.05) is 6.07 Å². The van der Waals surface area contributed by atoms with Crippen molar-refractivity contribution in [3.63, 3.8) is 0 Å². The molecule has 0 bridgehead atoms. The van der Waals surface area contributed by atoms with Crippen LogP contribution in [0, 0.1) is 5.82 Å². The zero-order chi connectivity index (χ0) is 15.8. The second-order valence-corrected chi connectivity index (χ2v) is 5.03. The van der Waals surface area contributed by atoms with E-state index in [9.17, 15) is 4.39 Å². The summed E-state index contributed by atoms with van der Waals surface area (Å²) in [5.74, 6) is 0.512. The third-order valence-electron chi connectivity index (χ3n) is 3.54. The SMILES string of the molecule is CCc1ccccc1CNC(=NC)NCc1ccc(F)cc1.I. The molecule has 23 heavy (non-hydrogen) atoms. The van der Waals surface area contributed by atoms with Crippen molar-refractivity contribution in [2.45, 2.75) is 26.4 Å². The first-order chi connectivity index (χ1) is 10.7. The lowest BCUT2D eigenvalue weighted by Crippen LogP contribution is -2.36. The van der Waals surface area contributed by atoms with Crippen LogP contribution in [0.1, 0.15) is 23.6 Å². The molecule has 0 saturated heterocycles. The Bertz CT molecular complexity index is 626. The summed E-state index contributed by atoms with van der Waals surface area (Å²) in [5, 5.41) is 6.54. The maximum Gasteiger partial charge on any atom is 0.191 e. The second-order valence-electron chi connectivity index (χ2n) is 5.03. The molecule has 0 aliphatic rings. The predicted octanol–water partition coefficient (Wildman–Crippen LogP) is 3.87. The van der Waals surface area contributed by atoms with Gasteiger partial charge in [-0.05, 0) is 35.2 Å². The monoisotopic (exact) mass is 427 g/mol. The molecular weight excluding hydrogens is 404 g/mol. The molecule has 0 fully saturated rings. The van der Waals surface area contributed by atoms with Gasteiger partial charge in [-0.25, -0.2) is 4.39 Å². The number of hydrogen-bond acceptors (Lipinski definition) is 1. The van der Waals surface area contributed by atoms with E-state index in [0.29, 0.717) is 6.54 Å². The zero-order valence-electron chi connectivity index (χ0n) is 13.5. The Kier molecular flexibility index (Phi) is 8.61. The fourth-order valence-electron chi connectivity index (χ4n) is 2.26. The Labute approximate surface area is 154 Å². The molecule has 2 rings (SSSR count). The predicted molar refractivity (Wildman–Crippen MR) is 105 cm³/mol. The third-order valence-corrected chi connectivity index (χ3v) is 3.54. The van der Waals surface area contributed by atoms with Gasteiger partial charge in [0.25, 0.3) is 0 Å². The summed E-state index contributed by atoms with van der Waals surface area (Å²) < 4.78 is 12.9. The summed E-state index contributed by atoms with van der Waals surface area (Å²) in [4.78, 5) is 4.21. The number of guanidine groups is 1. The van der Waals surface area contributed by atoms with Crippen molar-refractivity contribution < 1.29 is 4.39 Å². The number of benzene rings is 2. The standard InChI is InChI=1S/C18H22FN3.HI/c1-3-15-6-4-5-7-16(15)13-22-18(20-2)21-12-14-8-10-17(19)11-9-14;/h4-11H,3,12-13H2,1-2H3,(H2,20,21,22);1H. The second kappa shape index (κ2) is 10.2. The molecule has 0 unspecified atom stereocenters. The van der Waals surface area contributed by atoms with Gasteiger partial charge in [-0.15, -0.1) is 24.0 Å². The van der Waals surface area contributed by atoms with Crippen LogP contribution in [0.15, 0.2) is 53.5 Å². The highest BCUT2D eigenvalue weighted by Gasteiger charge is 2.02. The van der Waals surface area contributed by atoms with Gasteiger partial charge in [-0.3, -0.25) is 4.99 Å². The van der Waals surface area contributed by atoms with Crippen LogP contribution in [0.4, 0.5) is 4.39 Å². The molecule has 0 aliphatic carbocycles. The van der Waals surface area contributed by atoms with E-state index in [1.54, 1.807) is 19.2 Å². The van der Waals surface area contributed by atoms with Crippen LogP contribution >= 0.6 is 24.0 Å². The normalized spacial score (nSPS) is 10.8. The lowest BCUT2D eigenvalue weighted by molar-refractivity contribution is 0.626. The first-order valence-electron chi connectivity index (χ1n) is 7.48. The van der Waals surface area contributed by atoms with Crippen molar-refractivity contribution in [1.29, 1.82) is 0 Å². The molecule has 0 amide bonds. The highest BCUT2D eigenvalue weighted by molar-refractivity contribution is 14.0. The van der Waals surface area contributed by atoms with Crippen molar-refractivity contribution in [2.24, 2.45) is 4.99 Å². The maximum absolute atomic E-state index is 12.9. The number of halogens is 2. The van der Waals surface area contributed by atoms with Crippen LogP contribution in [0.2, 0.25) is 0 Å². The largest absolute Gasteiger partial charge is 0.352 e. The van der Waals surface area contributed by atoms with Crippen LogP contribution in [-0.2, 0) is 19.5 Å². The highest BCUT2D eigenvalue weighted by atomic mass is 127. The smallest absolute Gasteiger partial charge is 0.191 e. The van der Waals surface area contributed by atoms with Crippen molar-refractivity contribution in [3.8, 4) is 0 Å². The van der Waals surface area contributed by atoms with Crippen molar-refractivity contribution >= 4 is 29.9 Å². The molecule has 5 heteroatoms. The average molecular weight is 427 g/mol. The van der Waals surface area contributed by atoms with Gasteiger partial charge in [0, 0.05) is 20.1 Å². The first kappa shape index (κ1) is 19.4. The van der Waals surface area contributed by atoms with Crippen LogP contribution in [0.5, 0.6) is 0 Å². The summed E-state index contributed by atoms with van der Waals surface area (Å²) >= 11 is 0. The van der Waals surface area contributed by atoms with Gasteiger partial charge in [0.05, 0.1) is 0 Å². The summed E-state index contributed by atoms with van der Waals surface area (Å²) in [6.45, 7) is 3.49. The van der Waals surface area contributed by atoms with Crippen molar-refractivity contribution in [3.05, 3.63) is 71.0 Å². The minimum atomic E-state index is -0.220. The Morgan fingerprint density at radius 2 is 1.57 bits per heavy atom. The number of aryl methyl sites for hydroxylation is 1. The van der Waals surface area contributed by atoms with Gasteiger partial charge < -0.3 is 10.6 Å². The highest BCUT2D eigenvalue weighted by Crippen LogP contribution is 2.08. The van der Waals surface area contributed by atoms with Gasteiger partial charge in [-0.1, -0.05) is 43.3 Å². The van der Waals surface area contributed by atoms with Gasteiger partial charge in [0.2, 0.25) is 0 Å².